The van der Waals surface area contributed by atoms with Gasteiger partial charge in [-0.2, -0.15) is 21.6 Å². The Morgan fingerprint density at radius 2 is 2.00 bits per heavy atom. The van der Waals surface area contributed by atoms with Gasteiger partial charge in [-0.15, -0.1) is 0 Å². The van der Waals surface area contributed by atoms with Gasteiger partial charge in [0.2, 0.25) is 0 Å². The van der Waals surface area contributed by atoms with E-state index < -0.39 is 39.4 Å². The number of carbonyl (C=O) groups is 1. The molecule has 110 valence electrons. The molecular weight excluding hydrogens is 291 g/mol. The third-order valence-electron chi connectivity index (χ3n) is 2.59. The van der Waals surface area contributed by atoms with Crippen molar-refractivity contribution in [3.63, 3.8) is 0 Å². The van der Waals surface area contributed by atoms with Crippen molar-refractivity contribution in [3.8, 4) is 0 Å². The van der Waals surface area contributed by atoms with E-state index in [2.05, 4.69) is 4.18 Å². The molecule has 0 radical (unpaired) electrons. The molecule has 2 unspecified atom stereocenters. The van der Waals surface area contributed by atoms with E-state index >= 15 is 0 Å². The van der Waals surface area contributed by atoms with Crippen LogP contribution in [0.4, 0.5) is 18.0 Å². The molecule has 1 rings (SSSR count). The number of carboxylic acid groups (broad SMARTS) is 1. The van der Waals surface area contributed by atoms with Crippen LogP contribution < -0.4 is 0 Å². The van der Waals surface area contributed by atoms with Crippen molar-refractivity contribution in [1.82, 2.24) is 4.90 Å². The topological polar surface area (TPSA) is 83.9 Å². The van der Waals surface area contributed by atoms with Crippen molar-refractivity contribution in [2.24, 2.45) is 5.92 Å². The fourth-order valence-electron chi connectivity index (χ4n) is 1.58. The molecule has 1 N–H and O–H groups in total. The van der Waals surface area contributed by atoms with Crippen LogP contribution in [0.1, 0.15) is 13.8 Å². The van der Waals surface area contributed by atoms with Crippen LogP contribution in [0.5, 0.6) is 0 Å². The van der Waals surface area contributed by atoms with Gasteiger partial charge < -0.3 is 14.2 Å². The van der Waals surface area contributed by atoms with E-state index in [-0.39, 0.29) is 6.54 Å². The third kappa shape index (κ3) is 3.31. The monoisotopic (exact) mass is 303 g/mol. The molecule has 1 amide bonds. The highest BCUT2D eigenvalue weighted by molar-refractivity contribution is 7.87. The number of hydrogen-bond acceptors (Lipinski definition) is 4. The molecule has 0 aliphatic carbocycles. The van der Waals surface area contributed by atoms with Crippen LogP contribution >= 0.6 is 0 Å². The maximum atomic E-state index is 12.2. The van der Waals surface area contributed by atoms with E-state index in [9.17, 15) is 26.4 Å². The van der Waals surface area contributed by atoms with Gasteiger partial charge in [0.15, 0.2) is 0 Å². The number of hydrogen-bond donors (Lipinski definition) is 1. The van der Waals surface area contributed by atoms with Gasteiger partial charge in [0, 0.05) is 12.5 Å². The summed E-state index contributed by atoms with van der Waals surface area (Å²) in [6, 6.07) is -0.771. The van der Waals surface area contributed by atoms with Crippen molar-refractivity contribution in [2.75, 3.05) is 6.54 Å². The minimum Gasteiger partial charge on any atom is -0.465 e. The fraction of sp³-hybridized carbons (Fsp3) is 0.667. The van der Waals surface area contributed by atoms with Crippen LogP contribution in [0.2, 0.25) is 0 Å². The molecule has 2 atom stereocenters. The largest absolute Gasteiger partial charge is 0.534 e. The summed E-state index contributed by atoms with van der Waals surface area (Å²) < 4.78 is 62.3. The zero-order chi connectivity index (χ0) is 15.0. The summed E-state index contributed by atoms with van der Waals surface area (Å²) in [5.74, 6) is -1.19. The Kier molecular flexibility index (Phi) is 4.03. The summed E-state index contributed by atoms with van der Waals surface area (Å²) in [6.45, 7) is 2.64. The van der Waals surface area contributed by atoms with Gasteiger partial charge in [0.25, 0.3) is 0 Å². The average Bonchev–Trinajstić information content (AvgIpc) is 2.20. The van der Waals surface area contributed by atoms with Gasteiger partial charge in [-0.25, -0.2) is 4.79 Å². The minimum absolute atomic E-state index is 0.143. The van der Waals surface area contributed by atoms with Crippen molar-refractivity contribution in [2.45, 2.75) is 25.4 Å². The summed E-state index contributed by atoms with van der Waals surface area (Å²) in [6.07, 6.45) is -0.195. The highest BCUT2D eigenvalue weighted by Gasteiger charge is 2.49. The molecule has 0 fully saturated rings. The lowest BCUT2D eigenvalue weighted by molar-refractivity contribution is -0.0529. The highest BCUT2D eigenvalue weighted by Crippen LogP contribution is 2.31. The van der Waals surface area contributed by atoms with Crippen LogP contribution in [-0.2, 0) is 14.3 Å². The van der Waals surface area contributed by atoms with Crippen molar-refractivity contribution < 1.29 is 35.7 Å². The molecule has 0 aromatic heterocycles. The fourth-order valence-corrected chi connectivity index (χ4v) is 2.15. The molecule has 6 nitrogen and oxygen atoms in total. The second-order valence-electron chi connectivity index (χ2n) is 4.13. The van der Waals surface area contributed by atoms with Crippen LogP contribution in [0, 0.1) is 5.92 Å². The minimum atomic E-state index is -5.73. The smallest absolute Gasteiger partial charge is 0.465 e. The zero-order valence-corrected chi connectivity index (χ0v) is 10.8. The van der Waals surface area contributed by atoms with Gasteiger partial charge in [-0.05, 0) is 13.0 Å². The molecule has 10 heteroatoms. The summed E-state index contributed by atoms with van der Waals surface area (Å²) >= 11 is 0. The zero-order valence-electron chi connectivity index (χ0n) is 10.0. The lowest BCUT2D eigenvalue weighted by atomic mass is 10.0. The Morgan fingerprint density at radius 3 is 2.42 bits per heavy atom. The number of nitrogens with zero attached hydrogens (tertiary/aromatic N) is 1. The molecule has 0 saturated heterocycles. The van der Waals surface area contributed by atoms with Gasteiger partial charge in [-0.1, -0.05) is 6.92 Å². The predicted octanol–water partition coefficient (Wildman–Crippen LogP) is 1.75. The summed E-state index contributed by atoms with van der Waals surface area (Å²) in [5.41, 5.74) is -5.51. The van der Waals surface area contributed by atoms with E-state index in [1.165, 1.54) is 13.8 Å². The highest BCUT2D eigenvalue weighted by atomic mass is 32.2. The van der Waals surface area contributed by atoms with Crippen LogP contribution in [-0.4, -0.2) is 42.6 Å². The van der Waals surface area contributed by atoms with Crippen molar-refractivity contribution >= 4 is 16.2 Å². The summed E-state index contributed by atoms with van der Waals surface area (Å²) in [5, 5.41) is 8.83. The van der Waals surface area contributed by atoms with E-state index in [0.717, 1.165) is 11.0 Å². The molecule has 1 aliphatic heterocycles. The van der Waals surface area contributed by atoms with Gasteiger partial charge in [-0.3, -0.25) is 0 Å². The predicted molar refractivity (Wildman–Crippen MR) is 57.5 cm³/mol. The van der Waals surface area contributed by atoms with E-state index in [0.29, 0.717) is 0 Å². The summed E-state index contributed by atoms with van der Waals surface area (Å²) in [7, 11) is -5.73. The SMILES string of the molecule is CC1CN(C(=O)O)C(C)C=C1OS(=O)(=O)C(F)(F)F. The van der Waals surface area contributed by atoms with E-state index in [4.69, 9.17) is 5.11 Å². The summed E-state index contributed by atoms with van der Waals surface area (Å²) in [4.78, 5) is 11.8. The number of rotatable bonds is 2. The number of halogens is 3. The Labute approximate surface area is 107 Å². The molecule has 1 aliphatic rings. The van der Waals surface area contributed by atoms with Crippen LogP contribution in [0.15, 0.2) is 11.8 Å². The molecule has 0 saturated carbocycles. The van der Waals surface area contributed by atoms with Crippen LogP contribution in [0.3, 0.4) is 0 Å². The Morgan fingerprint density at radius 1 is 1.47 bits per heavy atom. The molecular formula is C9H12F3NO5S. The molecule has 1 heterocycles. The lowest BCUT2D eigenvalue weighted by Crippen LogP contribution is -2.44. The van der Waals surface area contributed by atoms with E-state index in [1.807, 2.05) is 0 Å². The average molecular weight is 303 g/mol. The molecule has 19 heavy (non-hydrogen) atoms. The molecule has 0 spiro atoms. The van der Waals surface area contributed by atoms with Crippen molar-refractivity contribution in [1.29, 1.82) is 0 Å². The maximum Gasteiger partial charge on any atom is 0.534 e. The standard InChI is InChI=1S/C9H12F3NO5S/c1-5-4-13(8(14)15)6(2)3-7(5)18-19(16,17)9(10,11)12/h3,5-6H,4H2,1-2H3,(H,14,15). The van der Waals surface area contributed by atoms with Crippen molar-refractivity contribution in [3.05, 3.63) is 11.8 Å². The van der Waals surface area contributed by atoms with E-state index in [1.54, 1.807) is 0 Å². The van der Waals surface area contributed by atoms with Gasteiger partial charge >= 0.3 is 21.7 Å². The lowest BCUT2D eigenvalue weighted by Gasteiger charge is -2.33. The quantitative estimate of drug-likeness (QED) is 0.620. The molecule has 0 aromatic carbocycles. The Hall–Kier alpha value is -1.45. The van der Waals surface area contributed by atoms with Gasteiger partial charge in [0.1, 0.15) is 5.76 Å². The third-order valence-corrected chi connectivity index (χ3v) is 3.57. The van der Waals surface area contributed by atoms with Crippen LogP contribution in [0.25, 0.3) is 0 Å². The first-order valence-corrected chi connectivity index (χ1v) is 6.58. The molecule has 0 bridgehead atoms. The number of amides is 1. The number of alkyl halides is 3. The van der Waals surface area contributed by atoms with Gasteiger partial charge in [0.05, 0.1) is 6.04 Å². The first-order chi connectivity index (χ1) is 8.45. The Balaban J connectivity index is 2.98. The maximum absolute atomic E-state index is 12.2. The Bertz CT molecular complexity index is 498. The first kappa shape index (κ1) is 15.6. The molecule has 0 aromatic rings. The second kappa shape index (κ2) is 4.91. The first-order valence-electron chi connectivity index (χ1n) is 5.17. The normalized spacial score (nSPS) is 24.9. The second-order valence-corrected chi connectivity index (χ2v) is 5.67.